The molecule has 0 bridgehead atoms. The van der Waals surface area contributed by atoms with Crippen LogP contribution in [0.1, 0.15) is 60.8 Å². The van der Waals surface area contributed by atoms with Crippen molar-refractivity contribution in [2.45, 2.75) is 51.4 Å². The molecule has 0 aliphatic heterocycles. The molecule has 0 fully saturated rings. The number of rotatable bonds is 14. The Morgan fingerprint density at radius 3 is 1.63 bits per heavy atom. The van der Waals surface area contributed by atoms with Crippen molar-refractivity contribution in [3.05, 3.63) is 168 Å². The Morgan fingerprint density at radius 2 is 0.978 bits per heavy atom. The van der Waals surface area contributed by atoms with Gasteiger partial charge in [-0.3, -0.25) is 0 Å². The van der Waals surface area contributed by atoms with E-state index < -0.39 is 0 Å². The highest BCUT2D eigenvalue weighted by molar-refractivity contribution is 5.85. The third kappa shape index (κ3) is 10.1. The highest BCUT2D eigenvalue weighted by Gasteiger charge is 2.05. The molecule has 0 aliphatic rings. The van der Waals surface area contributed by atoms with E-state index in [0.717, 1.165) is 39.0 Å². The number of benzene rings is 6. The fourth-order valence-electron chi connectivity index (χ4n) is 6.16. The highest BCUT2D eigenvalue weighted by atomic mass is 14.9. The highest BCUT2D eigenvalue weighted by Crippen LogP contribution is 2.20. The Kier molecular flexibility index (Phi) is 13.0. The van der Waals surface area contributed by atoms with Gasteiger partial charge in [-0.25, -0.2) is 0 Å². The van der Waals surface area contributed by atoms with Gasteiger partial charge in [-0.15, -0.1) is 0 Å². The third-order valence-electron chi connectivity index (χ3n) is 8.95. The number of nitrogens with one attached hydrogen (secondary N) is 2. The topological polar surface area (TPSA) is 24.1 Å². The van der Waals surface area contributed by atoms with Crippen LogP contribution in [0, 0.1) is 0 Å². The molecular formula is C44H50N2. The first-order valence-corrected chi connectivity index (χ1v) is 17.1. The van der Waals surface area contributed by atoms with Crippen molar-refractivity contribution in [3.8, 4) is 0 Å². The van der Waals surface area contributed by atoms with Crippen molar-refractivity contribution < 1.29 is 0 Å². The molecule has 0 spiro atoms. The van der Waals surface area contributed by atoms with Gasteiger partial charge in [-0.2, -0.15) is 0 Å². The Hall–Kier alpha value is -4.24. The zero-order valence-electron chi connectivity index (χ0n) is 27.7. The van der Waals surface area contributed by atoms with Crippen molar-refractivity contribution >= 4 is 21.5 Å². The minimum absolute atomic E-state index is 0.564. The van der Waals surface area contributed by atoms with Gasteiger partial charge in [0.05, 0.1) is 0 Å². The maximum atomic E-state index is 3.60. The van der Waals surface area contributed by atoms with E-state index in [1.54, 1.807) is 0 Å². The smallest absolute Gasteiger partial charge is 0.00174 e. The summed E-state index contributed by atoms with van der Waals surface area (Å²) in [6.45, 7) is 8.80. The second kappa shape index (κ2) is 18.0. The number of fused-ring (bicyclic) bond motifs is 2. The summed E-state index contributed by atoms with van der Waals surface area (Å²) < 4.78 is 0. The average molecular weight is 607 g/mol. The van der Waals surface area contributed by atoms with E-state index in [9.17, 15) is 0 Å². The molecule has 6 aromatic rings. The van der Waals surface area contributed by atoms with Crippen LogP contribution in [0.25, 0.3) is 21.5 Å². The molecule has 6 aromatic carbocycles. The summed E-state index contributed by atoms with van der Waals surface area (Å²) in [6, 6.07) is 52.1. The first-order chi connectivity index (χ1) is 22.7. The third-order valence-corrected chi connectivity index (χ3v) is 8.95. The summed E-state index contributed by atoms with van der Waals surface area (Å²) in [5, 5.41) is 12.6. The Labute approximate surface area is 276 Å². The maximum absolute atomic E-state index is 3.60. The predicted molar refractivity (Wildman–Crippen MR) is 200 cm³/mol. The molecule has 0 saturated heterocycles. The molecule has 2 unspecified atom stereocenters. The van der Waals surface area contributed by atoms with Crippen molar-refractivity contribution in [3.63, 3.8) is 0 Å². The summed E-state index contributed by atoms with van der Waals surface area (Å²) >= 11 is 0. The maximum Gasteiger partial charge on any atom is 0.00174 e. The van der Waals surface area contributed by atoms with Gasteiger partial charge in [0.1, 0.15) is 0 Å². The summed E-state index contributed by atoms with van der Waals surface area (Å²) in [5.74, 6) is 1.13. The van der Waals surface area contributed by atoms with Gasteiger partial charge in [0.25, 0.3) is 0 Å². The van der Waals surface area contributed by atoms with Crippen LogP contribution in [0.15, 0.2) is 146 Å². The van der Waals surface area contributed by atoms with Crippen molar-refractivity contribution in [2.75, 3.05) is 26.2 Å². The van der Waals surface area contributed by atoms with Crippen LogP contribution in [-0.4, -0.2) is 26.2 Å². The van der Waals surface area contributed by atoms with E-state index in [2.05, 4.69) is 170 Å². The lowest BCUT2D eigenvalue weighted by atomic mass is 10.0. The molecule has 2 nitrogen and oxygen atoms in total. The van der Waals surface area contributed by atoms with Crippen LogP contribution in [-0.2, 0) is 12.8 Å². The molecule has 6 rings (SSSR count). The van der Waals surface area contributed by atoms with Crippen LogP contribution in [0.3, 0.4) is 0 Å². The molecule has 2 atom stereocenters. The van der Waals surface area contributed by atoms with Gasteiger partial charge in [0, 0.05) is 13.1 Å². The van der Waals surface area contributed by atoms with Gasteiger partial charge in [-0.1, -0.05) is 159 Å². The molecule has 0 aliphatic carbocycles. The summed E-state index contributed by atoms with van der Waals surface area (Å²) in [4.78, 5) is 0. The van der Waals surface area contributed by atoms with Crippen molar-refractivity contribution in [1.29, 1.82) is 0 Å². The van der Waals surface area contributed by atoms with Crippen LogP contribution >= 0.6 is 0 Å². The second-order valence-corrected chi connectivity index (χ2v) is 12.6. The van der Waals surface area contributed by atoms with E-state index in [-0.39, 0.29) is 0 Å². The molecule has 0 heterocycles. The zero-order valence-corrected chi connectivity index (χ0v) is 27.7. The molecular weight excluding hydrogens is 556 g/mol. The lowest BCUT2D eigenvalue weighted by Crippen LogP contribution is -2.21. The van der Waals surface area contributed by atoms with Crippen LogP contribution in [0.5, 0.6) is 0 Å². The summed E-state index contributed by atoms with van der Waals surface area (Å²) in [5.41, 5.74) is 5.71. The average Bonchev–Trinajstić information content (AvgIpc) is 3.12. The summed E-state index contributed by atoms with van der Waals surface area (Å²) in [7, 11) is 0. The molecule has 236 valence electrons. The standard InChI is InChI=1S/2C22H25N/c1-18(19-9-3-2-4-10-19)17-23-16-8-14-21-13-7-12-20-11-5-6-15-22(20)21;1-18(20-9-3-2-4-10-20)17-23-15-7-8-19-13-14-21-11-5-6-12-22(21)16-19/h2-7,9-13,15,18,23H,8,14,16-17H2,1H3;2-6,9-14,16,18,23H,7-8,15,17H2,1H3. The largest absolute Gasteiger partial charge is 0.316 e. The Balaban J connectivity index is 0.000000181. The first kappa shape index (κ1) is 33.1. The molecule has 0 saturated carbocycles. The minimum atomic E-state index is 0.564. The van der Waals surface area contributed by atoms with E-state index in [4.69, 9.17) is 0 Å². The summed E-state index contributed by atoms with van der Waals surface area (Å²) in [6.07, 6.45) is 4.63. The van der Waals surface area contributed by atoms with E-state index in [1.165, 1.54) is 56.6 Å². The zero-order chi connectivity index (χ0) is 31.8. The molecule has 2 heteroatoms. The van der Waals surface area contributed by atoms with Crippen molar-refractivity contribution in [1.82, 2.24) is 10.6 Å². The minimum Gasteiger partial charge on any atom is -0.316 e. The predicted octanol–water partition coefficient (Wildman–Crippen LogP) is 10.3. The second-order valence-electron chi connectivity index (χ2n) is 12.6. The number of aryl methyl sites for hydroxylation is 2. The van der Waals surface area contributed by atoms with Crippen LogP contribution < -0.4 is 10.6 Å². The van der Waals surface area contributed by atoms with Crippen LogP contribution in [0.2, 0.25) is 0 Å². The molecule has 46 heavy (non-hydrogen) atoms. The number of hydrogen-bond donors (Lipinski definition) is 2. The number of hydrogen-bond acceptors (Lipinski definition) is 2. The Bertz CT molecular complexity index is 1720. The van der Waals surface area contributed by atoms with Crippen LogP contribution in [0.4, 0.5) is 0 Å². The van der Waals surface area contributed by atoms with Gasteiger partial charge >= 0.3 is 0 Å². The van der Waals surface area contributed by atoms with Gasteiger partial charge in [0.15, 0.2) is 0 Å². The Morgan fingerprint density at radius 1 is 0.457 bits per heavy atom. The van der Waals surface area contributed by atoms with E-state index in [1.807, 2.05) is 0 Å². The monoisotopic (exact) mass is 606 g/mol. The fourth-order valence-corrected chi connectivity index (χ4v) is 6.16. The SMILES string of the molecule is CC(CNCCCc1ccc2ccccc2c1)c1ccccc1.CC(CNCCCc1cccc2ccccc12)c1ccccc1. The quantitative estimate of drug-likeness (QED) is 0.121. The molecule has 0 aromatic heterocycles. The van der Waals surface area contributed by atoms with Gasteiger partial charge < -0.3 is 10.6 Å². The van der Waals surface area contributed by atoms with Gasteiger partial charge in [-0.05, 0) is 94.4 Å². The van der Waals surface area contributed by atoms with Crippen molar-refractivity contribution in [2.24, 2.45) is 0 Å². The normalized spacial score (nSPS) is 12.4. The lowest BCUT2D eigenvalue weighted by molar-refractivity contribution is 0.596. The van der Waals surface area contributed by atoms with E-state index in [0.29, 0.717) is 11.8 Å². The fraction of sp³-hybridized carbons (Fsp3) is 0.273. The lowest BCUT2D eigenvalue weighted by Gasteiger charge is -2.13. The van der Waals surface area contributed by atoms with Gasteiger partial charge in [0.2, 0.25) is 0 Å². The molecule has 0 amide bonds. The van der Waals surface area contributed by atoms with E-state index >= 15 is 0 Å². The first-order valence-electron chi connectivity index (χ1n) is 17.1. The molecule has 2 N–H and O–H groups in total. The molecule has 0 radical (unpaired) electrons.